The van der Waals surface area contributed by atoms with Crippen LogP contribution < -0.4 is 10.1 Å². The van der Waals surface area contributed by atoms with Crippen molar-refractivity contribution in [1.29, 1.82) is 0 Å². The Morgan fingerprint density at radius 1 is 1.03 bits per heavy atom. The molecule has 0 saturated heterocycles. The lowest BCUT2D eigenvalue weighted by atomic mass is 9.98. The Balaban J connectivity index is 1.36. The van der Waals surface area contributed by atoms with Gasteiger partial charge in [-0.15, -0.1) is 0 Å². The van der Waals surface area contributed by atoms with Crippen LogP contribution in [-0.2, 0) is 4.74 Å². The minimum absolute atomic E-state index is 0.0831. The second-order valence-corrected chi connectivity index (χ2v) is 7.60. The zero-order valence-electron chi connectivity index (χ0n) is 17.5. The maximum absolute atomic E-state index is 13.5. The summed E-state index contributed by atoms with van der Waals surface area (Å²) in [6, 6.07) is 19.6. The second-order valence-electron chi connectivity index (χ2n) is 7.60. The minimum Gasteiger partial charge on any atom is -0.496 e. The largest absolute Gasteiger partial charge is 0.496 e. The molecular formula is C25H24FNO5. The van der Waals surface area contributed by atoms with Gasteiger partial charge in [0, 0.05) is 18.0 Å². The Labute approximate surface area is 185 Å². The zero-order chi connectivity index (χ0) is 22.7. The third-order valence-electron chi connectivity index (χ3n) is 5.67. The fraction of sp³-hybridized carbons (Fsp3) is 0.240. The number of aliphatic hydroxyl groups is 2. The fourth-order valence-corrected chi connectivity index (χ4v) is 4.09. The number of halogens is 1. The van der Waals surface area contributed by atoms with Gasteiger partial charge in [0.05, 0.1) is 7.11 Å². The summed E-state index contributed by atoms with van der Waals surface area (Å²) in [7, 11) is 1.38. The molecule has 2 unspecified atom stereocenters. The molecule has 0 radical (unpaired) electrons. The SMILES string of the molecule is COc1ccc(F)cc1C(O)C(O)CNC(=O)OCC1c2ccccc2-c2ccccc21. The van der Waals surface area contributed by atoms with Gasteiger partial charge in [-0.3, -0.25) is 0 Å². The third-order valence-corrected chi connectivity index (χ3v) is 5.67. The summed E-state index contributed by atoms with van der Waals surface area (Å²) in [5.74, 6) is -0.421. The van der Waals surface area contributed by atoms with Crippen molar-refractivity contribution in [3.8, 4) is 16.9 Å². The van der Waals surface area contributed by atoms with Crippen LogP contribution in [0.1, 0.15) is 28.7 Å². The number of nitrogens with one attached hydrogen (secondary N) is 1. The Bertz CT molecular complexity index is 1070. The number of aliphatic hydroxyl groups excluding tert-OH is 2. The van der Waals surface area contributed by atoms with Gasteiger partial charge in [0.25, 0.3) is 0 Å². The Hall–Kier alpha value is -3.42. The molecule has 0 spiro atoms. The molecule has 4 rings (SSSR count). The van der Waals surface area contributed by atoms with Crippen LogP contribution in [-0.4, -0.2) is 42.7 Å². The Morgan fingerprint density at radius 2 is 1.66 bits per heavy atom. The number of carbonyl (C=O) groups is 1. The van der Waals surface area contributed by atoms with E-state index in [1.54, 1.807) is 0 Å². The average molecular weight is 437 g/mol. The number of amides is 1. The number of methoxy groups -OCH3 is 1. The van der Waals surface area contributed by atoms with E-state index in [-0.39, 0.29) is 30.4 Å². The van der Waals surface area contributed by atoms with Crippen LogP contribution in [0.3, 0.4) is 0 Å². The summed E-state index contributed by atoms with van der Waals surface area (Å²) in [5, 5.41) is 23.1. The summed E-state index contributed by atoms with van der Waals surface area (Å²) < 4.78 is 24.1. The van der Waals surface area contributed by atoms with E-state index in [2.05, 4.69) is 5.32 Å². The highest BCUT2D eigenvalue weighted by atomic mass is 19.1. The average Bonchev–Trinajstić information content (AvgIpc) is 3.14. The Kier molecular flexibility index (Phi) is 6.39. The maximum Gasteiger partial charge on any atom is 0.407 e. The molecule has 2 atom stereocenters. The molecule has 0 bridgehead atoms. The van der Waals surface area contributed by atoms with Crippen LogP contribution >= 0.6 is 0 Å². The van der Waals surface area contributed by atoms with Gasteiger partial charge in [-0.05, 0) is 40.5 Å². The van der Waals surface area contributed by atoms with E-state index >= 15 is 0 Å². The maximum atomic E-state index is 13.5. The highest BCUT2D eigenvalue weighted by molar-refractivity contribution is 5.79. The highest BCUT2D eigenvalue weighted by Crippen LogP contribution is 2.44. The Morgan fingerprint density at radius 3 is 2.28 bits per heavy atom. The highest BCUT2D eigenvalue weighted by Gasteiger charge is 2.29. The first-order valence-corrected chi connectivity index (χ1v) is 10.3. The van der Waals surface area contributed by atoms with E-state index in [1.165, 1.54) is 19.2 Å². The number of ether oxygens (including phenoxy) is 2. The summed E-state index contributed by atoms with van der Waals surface area (Å²) in [6.07, 6.45) is -3.55. The number of benzene rings is 3. The van der Waals surface area contributed by atoms with Crippen LogP contribution in [0, 0.1) is 5.82 Å². The molecule has 0 heterocycles. The molecule has 0 fully saturated rings. The van der Waals surface area contributed by atoms with Gasteiger partial charge in [-0.1, -0.05) is 48.5 Å². The van der Waals surface area contributed by atoms with Gasteiger partial charge in [-0.2, -0.15) is 0 Å². The molecule has 1 amide bonds. The summed E-state index contributed by atoms with van der Waals surface area (Å²) in [5.41, 5.74) is 4.53. The van der Waals surface area contributed by atoms with Crippen molar-refractivity contribution in [2.45, 2.75) is 18.1 Å². The van der Waals surface area contributed by atoms with Gasteiger partial charge in [-0.25, -0.2) is 9.18 Å². The lowest BCUT2D eigenvalue weighted by Crippen LogP contribution is -2.36. The van der Waals surface area contributed by atoms with Crippen LogP contribution in [0.5, 0.6) is 5.75 Å². The second kappa shape index (κ2) is 9.38. The molecule has 32 heavy (non-hydrogen) atoms. The quantitative estimate of drug-likeness (QED) is 0.524. The molecule has 3 N–H and O–H groups in total. The van der Waals surface area contributed by atoms with E-state index in [4.69, 9.17) is 9.47 Å². The van der Waals surface area contributed by atoms with Crippen molar-refractivity contribution in [1.82, 2.24) is 5.32 Å². The van der Waals surface area contributed by atoms with E-state index in [0.29, 0.717) is 0 Å². The molecule has 1 aliphatic rings. The van der Waals surface area contributed by atoms with E-state index in [1.807, 2.05) is 48.5 Å². The van der Waals surface area contributed by atoms with Crippen LogP contribution in [0.4, 0.5) is 9.18 Å². The molecule has 0 aromatic heterocycles. The molecular weight excluding hydrogens is 413 g/mol. The number of hydrogen-bond acceptors (Lipinski definition) is 5. The standard InChI is InChI=1S/C25H24FNO5/c1-31-23-11-10-15(26)12-20(23)24(29)22(28)13-27-25(30)32-14-21-18-8-4-2-6-16(18)17-7-3-5-9-19(17)21/h2-12,21-22,24,28-29H,13-14H2,1H3,(H,27,30). The number of carbonyl (C=O) groups excluding carboxylic acids is 1. The smallest absolute Gasteiger partial charge is 0.407 e. The number of fused-ring (bicyclic) bond motifs is 3. The van der Waals surface area contributed by atoms with Gasteiger partial charge in [0.2, 0.25) is 0 Å². The van der Waals surface area contributed by atoms with Gasteiger partial charge in [0.15, 0.2) is 0 Å². The van der Waals surface area contributed by atoms with Crippen molar-refractivity contribution in [3.05, 3.63) is 89.2 Å². The number of hydrogen-bond donors (Lipinski definition) is 3. The first kappa shape index (κ1) is 21.8. The molecule has 3 aromatic carbocycles. The summed E-state index contributed by atoms with van der Waals surface area (Å²) in [6.45, 7) is -0.145. The predicted octanol–water partition coefficient (Wildman–Crippen LogP) is 3.77. The molecule has 3 aromatic rings. The lowest BCUT2D eigenvalue weighted by molar-refractivity contribution is 0.0171. The van der Waals surface area contributed by atoms with E-state index in [9.17, 15) is 19.4 Å². The molecule has 6 nitrogen and oxygen atoms in total. The van der Waals surface area contributed by atoms with Crippen molar-refractivity contribution >= 4 is 6.09 Å². The predicted molar refractivity (Wildman–Crippen MR) is 117 cm³/mol. The molecule has 0 saturated carbocycles. The third kappa shape index (κ3) is 4.30. The van der Waals surface area contributed by atoms with Crippen molar-refractivity contribution in [3.63, 3.8) is 0 Å². The topological polar surface area (TPSA) is 88.0 Å². The summed E-state index contributed by atoms with van der Waals surface area (Å²) in [4.78, 5) is 12.3. The molecule has 1 aliphatic carbocycles. The van der Waals surface area contributed by atoms with Crippen LogP contribution in [0.25, 0.3) is 11.1 Å². The number of alkyl carbamates (subject to hydrolysis) is 1. The fourth-order valence-electron chi connectivity index (χ4n) is 4.09. The minimum atomic E-state index is -1.45. The molecule has 166 valence electrons. The van der Waals surface area contributed by atoms with Gasteiger partial charge in [0.1, 0.15) is 30.4 Å². The molecule has 0 aliphatic heterocycles. The molecule has 7 heteroatoms. The van der Waals surface area contributed by atoms with Crippen LogP contribution in [0.2, 0.25) is 0 Å². The van der Waals surface area contributed by atoms with E-state index < -0.39 is 24.1 Å². The monoisotopic (exact) mass is 437 g/mol. The first-order chi connectivity index (χ1) is 15.5. The van der Waals surface area contributed by atoms with Gasteiger partial charge < -0.3 is 25.0 Å². The van der Waals surface area contributed by atoms with Crippen LogP contribution in [0.15, 0.2) is 66.7 Å². The number of rotatable bonds is 7. The summed E-state index contributed by atoms with van der Waals surface area (Å²) >= 11 is 0. The first-order valence-electron chi connectivity index (χ1n) is 10.3. The van der Waals surface area contributed by atoms with E-state index in [0.717, 1.165) is 28.3 Å². The van der Waals surface area contributed by atoms with Crippen molar-refractivity contribution < 1.29 is 28.9 Å². The van der Waals surface area contributed by atoms with Crippen molar-refractivity contribution in [2.75, 3.05) is 20.3 Å². The zero-order valence-corrected chi connectivity index (χ0v) is 17.5. The van der Waals surface area contributed by atoms with Gasteiger partial charge >= 0.3 is 6.09 Å². The van der Waals surface area contributed by atoms with Crippen molar-refractivity contribution in [2.24, 2.45) is 0 Å². The lowest BCUT2D eigenvalue weighted by Gasteiger charge is -2.21. The normalized spacial score (nSPS) is 14.2.